The smallest absolute Gasteiger partial charge is 0.318 e. The van der Waals surface area contributed by atoms with E-state index in [0.717, 1.165) is 18.2 Å². The maximum Gasteiger partial charge on any atom is 0.318 e. The zero-order chi connectivity index (χ0) is 27.8. The van der Waals surface area contributed by atoms with E-state index in [1.54, 1.807) is 50.2 Å². The molecule has 1 unspecified atom stereocenters. The Morgan fingerprint density at radius 2 is 1.71 bits per heavy atom. The van der Waals surface area contributed by atoms with Crippen LogP contribution in [0.25, 0.3) is 0 Å². The average molecular weight is 540 g/mol. The maximum absolute atomic E-state index is 12.7. The summed E-state index contributed by atoms with van der Waals surface area (Å²) in [7, 11) is 0. The van der Waals surface area contributed by atoms with Crippen molar-refractivity contribution in [2.75, 3.05) is 0 Å². The molecule has 0 aliphatic heterocycles. The van der Waals surface area contributed by atoms with Crippen molar-refractivity contribution in [3.8, 4) is 11.5 Å². The zero-order valence-corrected chi connectivity index (χ0v) is 20.9. The molecule has 3 rings (SSSR count). The lowest BCUT2D eigenvalue weighted by Gasteiger charge is -2.20. The number of ether oxygens (including phenoxy) is 1. The van der Waals surface area contributed by atoms with E-state index in [0.29, 0.717) is 16.1 Å². The Balaban J connectivity index is 1.68. The summed E-state index contributed by atoms with van der Waals surface area (Å²) in [6.45, 7) is 3.54. The fourth-order valence-electron chi connectivity index (χ4n) is 3.23. The van der Waals surface area contributed by atoms with Crippen LogP contribution < -0.4 is 15.5 Å². The van der Waals surface area contributed by atoms with Gasteiger partial charge in [-0.05, 0) is 53.9 Å². The summed E-state index contributed by atoms with van der Waals surface area (Å²) in [5.74, 6) is -1.19. The number of hydrazone groups is 1. The summed E-state index contributed by atoms with van der Waals surface area (Å²) in [5, 5.41) is 29.3. The molecule has 0 radical (unpaired) electrons. The molecule has 0 saturated heterocycles. The third-order valence-corrected chi connectivity index (χ3v) is 5.42. The van der Waals surface area contributed by atoms with E-state index in [1.807, 2.05) is 0 Å². The molecule has 0 aliphatic carbocycles. The van der Waals surface area contributed by atoms with Crippen molar-refractivity contribution in [1.82, 2.24) is 10.7 Å². The molecule has 0 heterocycles. The van der Waals surface area contributed by atoms with E-state index in [2.05, 4.69) is 15.8 Å². The lowest BCUT2D eigenvalue weighted by molar-refractivity contribution is -0.394. The number of hydrogen-bond acceptors (Lipinski definition) is 8. The van der Waals surface area contributed by atoms with Crippen LogP contribution in [0.1, 0.15) is 29.8 Å². The number of nitrogens with zero attached hydrogens (tertiary/aromatic N) is 3. The highest BCUT2D eigenvalue weighted by Gasteiger charge is 2.25. The molecule has 0 aliphatic rings. The summed E-state index contributed by atoms with van der Waals surface area (Å²) < 4.78 is 5.57. The summed E-state index contributed by atoms with van der Waals surface area (Å²) in [5.41, 5.74) is 2.22. The minimum Gasteiger partial charge on any atom is -0.450 e. The van der Waals surface area contributed by atoms with Crippen molar-refractivity contribution in [1.29, 1.82) is 0 Å². The highest BCUT2D eigenvalue weighted by molar-refractivity contribution is 6.30. The molecule has 3 aromatic carbocycles. The van der Waals surface area contributed by atoms with E-state index in [1.165, 1.54) is 18.3 Å². The third-order valence-electron chi connectivity index (χ3n) is 5.17. The lowest BCUT2D eigenvalue weighted by Crippen LogP contribution is -2.48. The van der Waals surface area contributed by atoms with Gasteiger partial charge >= 0.3 is 5.69 Å². The highest BCUT2D eigenvalue weighted by atomic mass is 35.5. The summed E-state index contributed by atoms with van der Waals surface area (Å²) in [6.07, 6.45) is 1.33. The molecule has 38 heavy (non-hydrogen) atoms. The van der Waals surface area contributed by atoms with Crippen molar-refractivity contribution in [2.24, 2.45) is 11.0 Å². The predicted molar refractivity (Wildman–Crippen MR) is 140 cm³/mol. The third kappa shape index (κ3) is 7.34. The van der Waals surface area contributed by atoms with Gasteiger partial charge in [-0.1, -0.05) is 37.6 Å². The van der Waals surface area contributed by atoms with Gasteiger partial charge < -0.3 is 10.1 Å². The fraction of sp³-hybridized carbons (Fsp3) is 0.160. The van der Waals surface area contributed by atoms with E-state index in [9.17, 15) is 29.8 Å². The minimum absolute atomic E-state index is 0.181. The van der Waals surface area contributed by atoms with E-state index < -0.39 is 39.1 Å². The van der Waals surface area contributed by atoms with E-state index in [4.69, 9.17) is 16.3 Å². The van der Waals surface area contributed by atoms with Gasteiger partial charge in [0.25, 0.3) is 17.5 Å². The standard InChI is InChI=1S/C25H22ClN5O7/c1-15(2)23(28-24(32)17-6-8-18(26)9-7-17)25(33)29-27-14-16-4-3-5-20(12-16)38-22-11-10-19(30(34)35)13-21(22)31(36)37/h3-15,23H,1-2H3,(H,28,32)(H,29,33)/b27-14+. The number of non-ortho nitro benzene ring substituents is 1. The number of amides is 2. The number of carbonyl (C=O) groups is 2. The van der Waals surface area contributed by atoms with Gasteiger partial charge in [-0.25, -0.2) is 5.43 Å². The first-order valence-electron chi connectivity index (χ1n) is 11.1. The van der Waals surface area contributed by atoms with Crippen LogP contribution in [0.3, 0.4) is 0 Å². The number of carbonyl (C=O) groups excluding carboxylic acids is 2. The van der Waals surface area contributed by atoms with Crippen LogP contribution in [-0.4, -0.2) is 33.9 Å². The first-order chi connectivity index (χ1) is 18.0. The Hall–Kier alpha value is -4.84. The second-order valence-corrected chi connectivity index (χ2v) is 8.71. The molecular formula is C25H22ClN5O7. The van der Waals surface area contributed by atoms with Crippen LogP contribution in [0, 0.1) is 26.1 Å². The largest absolute Gasteiger partial charge is 0.450 e. The fourth-order valence-corrected chi connectivity index (χ4v) is 3.36. The average Bonchev–Trinajstić information content (AvgIpc) is 2.87. The summed E-state index contributed by atoms with van der Waals surface area (Å²) >= 11 is 5.85. The number of nitro benzene ring substituents is 2. The topological polar surface area (TPSA) is 166 Å². The summed E-state index contributed by atoms with van der Waals surface area (Å²) in [4.78, 5) is 45.9. The van der Waals surface area contributed by atoms with Gasteiger partial charge in [0, 0.05) is 16.7 Å². The normalized spacial score (nSPS) is 11.7. The number of benzene rings is 3. The van der Waals surface area contributed by atoms with Crippen molar-refractivity contribution in [3.05, 3.63) is 103 Å². The van der Waals surface area contributed by atoms with Crippen LogP contribution in [0.4, 0.5) is 11.4 Å². The van der Waals surface area contributed by atoms with E-state index in [-0.39, 0.29) is 17.4 Å². The number of halogens is 1. The second kappa shape index (κ2) is 12.4. The van der Waals surface area contributed by atoms with Gasteiger partial charge in [-0.15, -0.1) is 0 Å². The molecule has 2 N–H and O–H groups in total. The molecule has 196 valence electrons. The van der Waals surface area contributed by atoms with Crippen LogP contribution in [0.15, 0.2) is 71.8 Å². The molecular weight excluding hydrogens is 518 g/mol. The Kier molecular flexibility index (Phi) is 9.06. The number of nitrogens with one attached hydrogen (secondary N) is 2. The molecule has 0 aromatic heterocycles. The van der Waals surface area contributed by atoms with Crippen molar-refractivity contribution in [3.63, 3.8) is 0 Å². The molecule has 1 atom stereocenters. The van der Waals surface area contributed by atoms with Crippen molar-refractivity contribution in [2.45, 2.75) is 19.9 Å². The Morgan fingerprint density at radius 1 is 1.00 bits per heavy atom. The van der Waals surface area contributed by atoms with Gasteiger partial charge in [0.15, 0.2) is 0 Å². The quantitative estimate of drug-likeness (QED) is 0.211. The molecule has 13 heteroatoms. The van der Waals surface area contributed by atoms with Crippen LogP contribution >= 0.6 is 11.6 Å². The Bertz CT molecular complexity index is 1390. The first kappa shape index (κ1) is 27.7. The van der Waals surface area contributed by atoms with Crippen molar-refractivity contribution < 1.29 is 24.2 Å². The van der Waals surface area contributed by atoms with Gasteiger partial charge in [0.05, 0.1) is 22.1 Å². The molecule has 0 spiro atoms. The maximum atomic E-state index is 12.7. The number of rotatable bonds is 10. The zero-order valence-electron chi connectivity index (χ0n) is 20.2. The van der Waals surface area contributed by atoms with Gasteiger partial charge in [-0.3, -0.25) is 29.8 Å². The minimum atomic E-state index is -0.868. The molecule has 3 aromatic rings. The van der Waals surface area contributed by atoms with Crippen LogP contribution in [0.5, 0.6) is 11.5 Å². The summed E-state index contributed by atoms with van der Waals surface area (Å²) in [6, 6.07) is 14.7. The van der Waals surface area contributed by atoms with E-state index >= 15 is 0 Å². The number of nitro groups is 2. The van der Waals surface area contributed by atoms with Crippen LogP contribution in [-0.2, 0) is 4.79 Å². The second-order valence-electron chi connectivity index (χ2n) is 8.28. The molecule has 0 bridgehead atoms. The van der Waals surface area contributed by atoms with Crippen LogP contribution in [0.2, 0.25) is 5.02 Å². The molecule has 0 saturated carbocycles. The lowest BCUT2D eigenvalue weighted by atomic mass is 10.0. The van der Waals surface area contributed by atoms with Gasteiger partial charge in [0.1, 0.15) is 11.8 Å². The number of hydrogen-bond donors (Lipinski definition) is 2. The predicted octanol–water partition coefficient (Wildman–Crippen LogP) is 4.85. The van der Waals surface area contributed by atoms with Crippen molar-refractivity contribution >= 4 is 41.0 Å². The Labute approximate surface area is 221 Å². The molecule has 12 nitrogen and oxygen atoms in total. The molecule has 2 amide bonds. The SMILES string of the molecule is CC(C)C(NC(=O)c1ccc(Cl)cc1)C(=O)N/N=C/c1cccc(Oc2ccc([N+](=O)[O-])cc2[N+](=O)[O-])c1. The Morgan fingerprint density at radius 3 is 2.34 bits per heavy atom. The first-order valence-corrected chi connectivity index (χ1v) is 11.5. The monoisotopic (exact) mass is 539 g/mol. The van der Waals surface area contributed by atoms with Gasteiger partial charge in [0.2, 0.25) is 5.75 Å². The molecule has 0 fully saturated rings. The van der Waals surface area contributed by atoms with Gasteiger partial charge in [-0.2, -0.15) is 5.10 Å². The highest BCUT2D eigenvalue weighted by Crippen LogP contribution is 2.34.